The zero-order chi connectivity index (χ0) is 14.8. The Morgan fingerprint density at radius 1 is 1.25 bits per heavy atom. The van der Waals surface area contributed by atoms with Gasteiger partial charge >= 0.3 is 0 Å². The average molecular weight is 295 g/mol. The summed E-state index contributed by atoms with van der Waals surface area (Å²) in [4.78, 5) is 7.83. The molecule has 0 saturated carbocycles. The van der Waals surface area contributed by atoms with Crippen molar-refractivity contribution in [3.8, 4) is 0 Å². The third-order valence-corrected chi connectivity index (χ3v) is 4.45. The van der Waals surface area contributed by atoms with E-state index in [1.165, 1.54) is 19.3 Å². The van der Waals surface area contributed by atoms with Crippen molar-refractivity contribution in [3.63, 3.8) is 0 Å². The highest BCUT2D eigenvalue weighted by Gasteiger charge is 2.26. The molecular weight excluding hydrogens is 281 g/mol. The quantitative estimate of drug-likeness (QED) is 0.862. The van der Waals surface area contributed by atoms with E-state index < -0.39 is 20.9 Å². The second-order valence-corrected chi connectivity index (χ2v) is 6.28. The topological polar surface area (TPSA) is 63.2 Å². The molecule has 2 aromatic rings. The van der Waals surface area contributed by atoms with E-state index in [0.29, 0.717) is 5.69 Å². The van der Waals surface area contributed by atoms with Gasteiger partial charge in [0.2, 0.25) is 5.03 Å². The van der Waals surface area contributed by atoms with Crippen LogP contribution in [-0.2, 0) is 16.6 Å². The van der Waals surface area contributed by atoms with Crippen LogP contribution in [0.4, 0.5) is 4.39 Å². The SMILES string of the molecule is Cc1cccc(CN(C)S(=O)(=O)c2ncccc2F)n1. The molecule has 0 aliphatic carbocycles. The number of aryl methyl sites for hydroxylation is 1. The van der Waals surface area contributed by atoms with E-state index in [1.54, 1.807) is 12.1 Å². The number of hydrogen-bond donors (Lipinski definition) is 0. The van der Waals surface area contributed by atoms with Gasteiger partial charge in [-0.25, -0.2) is 17.8 Å². The van der Waals surface area contributed by atoms with Crippen LogP contribution in [-0.4, -0.2) is 29.7 Å². The Kier molecular flexibility index (Phi) is 4.10. The molecule has 0 bridgehead atoms. The van der Waals surface area contributed by atoms with Crippen molar-refractivity contribution in [1.29, 1.82) is 0 Å². The standard InChI is InChI=1S/C13H14FN3O2S/c1-10-5-3-6-11(16-10)9-17(2)20(18,19)13-12(14)7-4-8-15-13/h3-8H,9H2,1-2H3. The van der Waals surface area contributed by atoms with Crippen LogP contribution in [0.3, 0.4) is 0 Å². The maximum absolute atomic E-state index is 13.6. The van der Waals surface area contributed by atoms with E-state index in [9.17, 15) is 12.8 Å². The highest BCUT2D eigenvalue weighted by Crippen LogP contribution is 2.16. The summed E-state index contributed by atoms with van der Waals surface area (Å²) < 4.78 is 39.1. The maximum Gasteiger partial charge on any atom is 0.263 e. The molecule has 0 spiro atoms. The number of sulfonamides is 1. The molecule has 5 nitrogen and oxygen atoms in total. The van der Waals surface area contributed by atoms with E-state index in [2.05, 4.69) is 9.97 Å². The Labute approximate surface area is 117 Å². The Balaban J connectivity index is 2.29. The second-order valence-electron chi connectivity index (χ2n) is 4.32. The van der Waals surface area contributed by atoms with Crippen LogP contribution in [0.15, 0.2) is 41.6 Å². The summed E-state index contributed by atoms with van der Waals surface area (Å²) in [5.74, 6) is -0.864. The van der Waals surface area contributed by atoms with Crippen LogP contribution in [0.2, 0.25) is 0 Å². The predicted octanol–water partition coefficient (Wildman–Crippen LogP) is 1.74. The van der Waals surface area contributed by atoms with Crippen molar-refractivity contribution in [2.75, 3.05) is 7.05 Å². The number of rotatable bonds is 4. The molecule has 0 fully saturated rings. The van der Waals surface area contributed by atoms with E-state index >= 15 is 0 Å². The monoisotopic (exact) mass is 295 g/mol. The number of aromatic nitrogens is 2. The van der Waals surface area contributed by atoms with Gasteiger partial charge in [-0.3, -0.25) is 4.98 Å². The van der Waals surface area contributed by atoms with Gasteiger partial charge in [-0.15, -0.1) is 0 Å². The van der Waals surface area contributed by atoms with Crippen LogP contribution in [0.5, 0.6) is 0 Å². The smallest absolute Gasteiger partial charge is 0.257 e. The number of hydrogen-bond acceptors (Lipinski definition) is 4. The molecule has 7 heteroatoms. The minimum atomic E-state index is -3.97. The molecule has 2 rings (SSSR count). The molecule has 0 atom stereocenters. The summed E-state index contributed by atoms with van der Waals surface area (Å²) in [7, 11) is -2.60. The number of nitrogens with zero attached hydrogens (tertiary/aromatic N) is 3. The summed E-state index contributed by atoms with van der Waals surface area (Å²) in [5.41, 5.74) is 1.38. The van der Waals surface area contributed by atoms with Gasteiger partial charge in [-0.05, 0) is 31.2 Å². The van der Waals surface area contributed by atoms with E-state index in [4.69, 9.17) is 0 Å². The minimum Gasteiger partial charge on any atom is -0.257 e. The Morgan fingerprint density at radius 3 is 2.65 bits per heavy atom. The summed E-state index contributed by atoms with van der Waals surface area (Å²) >= 11 is 0. The Morgan fingerprint density at radius 2 is 2.00 bits per heavy atom. The molecule has 2 aromatic heterocycles. The second kappa shape index (κ2) is 5.64. The van der Waals surface area contributed by atoms with Crippen molar-refractivity contribution >= 4 is 10.0 Å². The van der Waals surface area contributed by atoms with Gasteiger partial charge in [-0.1, -0.05) is 6.07 Å². The molecule has 0 aromatic carbocycles. The molecule has 106 valence electrons. The van der Waals surface area contributed by atoms with Gasteiger partial charge in [0, 0.05) is 18.9 Å². The van der Waals surface area contributed by atoms with Crippen molar-refractivity contribution in [2.45, 2.75) is 18.5 Å². The molecule has 0 aliphatic rings. The molecular formula is C13H14FN3O2S. The van der Waals surface area contributed by atoms with E-state index in [0.717, 1.165) is 16.1 Å². The van der Waals surface area contributed by atoms with Crippen molar-refractivity contribution < 1.29 is 12.8 Å². The van der Waals surface area contributed by atoms with Gasteiger partial charge in [0.1, 0.15) is 0 Å². The largest absolute Gasteiger partial charge is 0.263 e. The third-order valence-electron chi connectivity index (χ3n) is 2.71. The first-order valence-electron chi connectivity index (χ1n) is 5.90. The molecule has 0 saturated heterocycles. The molecule has 0 unspecified atom stereocenters. The van der Waals surface area contributed by atoms with Crippen molar-refractivity contribution in [2.24, 2.45) is 0 Å². The molecule has 2 heterocycles. The van der Waals surface area contributed by atoms with Crippen LogP contribution in [0.25, 0.3) is 0 Å². The molecule has 0 aliphatic heterocycles. The first-order chi connectivity index (χ1) is 9.41. The van der Waals surface area contributed by atoms with Gasteiger partial charge in [-0.2, -0.15) is 4.31 Å². The van der Waals surface area contributed by atoms with E-state index in [-0.39, 0.29) is 6.54 Å². The lowest BCUT2D eigenvalue weighted by molar-refractivity contribution is 0.450. The van der Waals surface area contributed by atoms with Gasteiger partial charge in [0.15, 0.2) is 5.82 Å². The van der Waals surface area contributed by atoms with Crippen LogP contribution < -0.4 is 0 Å². The predicted molar refractivity (Wildman–Crippen MR) is 71.8 cm³/mol. The van der Waals surface area contributed by atoms with Crippen molar-refractivity contribution in [1.82, 2.24) is 14.3 Å². The number of pyridine rings is 2. The highest BCUT2D eigenvalue weighted by atomic mass is 32.2. The van der Waals surface area contributed by atoms with E-state index in [1.807, 2.05) is 13.0 Å². The van der Waals surface area contributed by atoms with Crippen molar-refractivity contribution in [3.05, 3.63) is 53.7 Å². The molecule has 0 radical (unpaired) electrons. The summed E-state index contributed by atoms with van der Waals surface area (Å²) in [6.07, 6.45) is 1.24. The Hall–Kier alpha value is -1.86. The molecule has 0 N–H and O–H groups in total. The lowest BCUT2D eigenvalue weighted by atomic mass is 10.3. The Bertz CT molecular complexity index is 719. The minimum absolute atomic E-state index is 0.0556. The van der Waals surface area contributed by atoms with Gasteiger partial charge in [0.05, 0.1) is 12.2 Å². The zero-order valence-corrected chi connectivity index (χ0v) is 11.9. The fraction of sp³-hybridized carbons (Fsp3) is 0.231. The fourth-order valence-electron chi connectivity index (χ4n) is 1.71. The fourth-order valence-corrected chi connectivity index (χ4v) is 2.82. The van der Waals surface area contributed by atoms with Crippen LogP contribution >= 0.6 is 0 Å². The molecule has 0 amide bonds. The first kappa shape index (κ1) is 14.5. The van der Waals surface area contributed by atoms with Gasteiger partial charge < -0.3 is 0 Å². The lowest BCUT2D eigenvalue weighted by Crippen LogP contribution is -2.28. The first-order valence-corrected chi connectivity index (χ1v) is 7.34. The highest BCUT2D eigenvalue weighted by molar-refractivity contribution is 7.89. The maximum atomic E-state index is 13.6. The summed E-state index contributed by atoms with van der Waals surface area (Å²) in [5, 5.41) is -0.574. The zero-order valence-electron chi connectivity index (χ0n) is 11.1. The average Bonchev–Trinajstić information content (AvgIpc) is 2.39. The lowest BCUT2D eigenvalue weighted by Gasteiger charge is -2.16. The van der Waals surface area contributed by atoms with Crippen LogP contribution in [0.1, 0.15) is 11.4 Å². The normalized spacial score (nSPS) is 11.8. The summed E-state index contributed by atoms with van der Waals surface area (Å²) in [6.45, 7) is 1.87. The molecule has 20 heavy (non-hydrogen) atoms. The summed E-state index contributed by atoms with van der Waals surface area (Å²) in [6, 6.07) is 7.73. The van der Waals surface area contributed by atoms with Crippen LogP contribution in [0, 0.1) is 12.7 Å². The van der Waals surface area contributed by atoms with Gasteiger partial charge in [0.25, 0.3) is 10.0 Å². The number of halogens is 1. The third kappa shape index (κ3) is 3.00.